The monoisotopic (exact) mass is 406 g/mol. The predicted octanol–water partition coefficient (Wildman–Crippen LogP) is 2.90. The summed E-state index contributed by atoms with van der Waals surface area (Å²) >= 11 is 0. The molecule has 2 rings (SSSR count). The number of hydrogen-bond acceptors (Lipinski definition) is 5. The van der Waals surface area contributed by atoms with Crippen LogP contribution in [0.5, 0.6) is 5.75 Å². The molecule has 29 heavy (non-hydrogen) atoms. The number of amides is 2. The number of carbonyl (C=O) groups is 3. The molecule has 0 saturated carbocycles. The van der Waals surface area contributed by atoms with E-state index in [9.17, 15) is 23.2 Å². The summed E-state index contributed by atoms with van der Waals surface area (Å²) < 4.78 is 33.3. The van der Waals surface area contributed by atoms with E-state index in [1.165, 1.54) is 31.2 Å². The van der Waals surface area contributed by atoms with Crippen LogP contribution in [0.25, 0.3) is 0 Å². The third-order valence-corrected chi connectivity index (χ3v) is 3.69. The van der Waals surface area contributed by atoms with Gasteiger partial charge in [-0.3, -0.25) is 9.59 Å². The summed E-state index contributed by atoms with van der Waals surface area (Å²) in [5.41, 5.74) is 1.62. The Balaban J connectivity index is 1.78. The highest BCUT2D eigenvalue weighted by Gasteiger charge is 2.19. The van der Waals surface area contributed by atoms with Gasteiger partial charge in [0.05, 0.1) is 0 Å². The number of benzene rings is 2. The summed E-state index contributed by atoms with van der Waals surface area (Å²) in [4.78, 5) is 36.0. The molecule has 2 N–H and O–H groups in total. The number of carbonyl (C=O) groups excluding carboxylic acids is 3. The average Bonchev–Trinajstić information content (AvgIpc) is 2.67. The zero-order valence-electron chi connectivity index (χ0n) is 15.8. The molecule has 0 radical (unpaired) electrons. The molecular formula is C20H20F2N2O5. The third kappa shape index (κ3) is 7.21. The van der Waals surface area contributed by atoms with Crippen LogP contribution in [0, 0.1) is 6.92 Å². The lowest BCUT2D eigenvalue weighted by molar-refractivity contribution is -0.148. The molecule has 0 aliphatic carbocycles. The molecule has 7 nitrogen and oxygen atoms in total. The Kier molecular flexibility index (Phi) is 7.64. The molecule has 0 spiro atoms. The molecule has 1 atom stereocenters. The first-order chi connectivity index (χ1) is 13.7. The van der Waals surface area contributed by atoms with Gasteiger partial charge in [0.15, 0.2) is 6.61 Å². The highest BCUT2D eigenvalue weighted by Crippen LogP contribution is 2.17. The molecule has 0 saturated heterocycles. The van der Waals surface area contributed by atoms with Crippen molar-refractivity contribution >= 4 is 23.5 Å². The van der Waals surface area contributed by atoms with Gasteiger partial charge in [0.1, 0.15) is 11.8 Å². The largest absolute Gasteiger partial charge is 0.454 e. The Morgan fingerprint density at radius 2 is 1.76 bits per heavy atom. The van der Waals surface area contributed by atoms with Gasteiger partial charge in [-0.2, -0.15) is 8.78 Å². The molecule has 0 bridgehead atoms. The SMILES string of the molecule is Cc1cccc(C(=O)N[C@@H](C)C(=O)OCC(=O)Nc2ccc(OC(F)F)cc2)c1. The molecule has 0 aliphatic heterocycles. The van der Waals surface area contributed by atoms with Crippen molar-refractivity contribution < 1.29 is 32.6 Å². The molecule has 2 aromatic carbocycles. The summed E-state index contributed by atoms with van der Waals surface area (Å²) in [6, 6.07) is 11.2. The van der Waals surface area contributed by atoms with Gasteiger partial charge in [-0.25, -0.2) is 4.79 Å². The lowest BCUT2D eigenvalue weighted by Crippen LogP contribution is -2.40. The van der Waals surface area contributed by atoms with Gasteiger partial charge in [0, 0.05) is 11.3 Å². The maximum absolute atomic E-state index is 12.1. The van der Waals surface area contributed by atoms with Gasteiger partial charge in [-0.15, -0.1) is 0 Å². The van der Waals surface area contributed by atoms with Crippen LogP contribution < -0.4 is 15.4 Å². The van der Waals surface area contributed by atoms with Crippen molar-refractivity contribution in [1.82, 2.24) is 5.32 Å². The molecule has 0 aromatic heterocycles. The van der Waals surface area contributed by atoms with Crippen molar-refractivity contribution in [1.29, 1.82) is 0 Å². The highest BCUT2D eigenvalue weighted by atomic mass is 19.3. The minimum Gasteiger partial charge on any atom is -0.454 e. The van der Waals surface area contributed by atoms with E-state index in [0.717, 1.165) is 5.56 Å². The maximum Gasteiger partial charge on any atom is 0.387 e. The van der Waals surface area contributed by atoms with E-state index < -0.39 is 37.0 Å². The Labute approximate surface area is 166 Å². The van der Waals surface area contributed by atoms with E-state index >= 15 is 0 Å². The van der Waals surface area contributed by atoms with Crippen molar-refractivity contribution in [2.75, 3.05) is 11.9 Å². The van der Waals surface area contributed by atoms with Crippen molar-refractivity contribution in [2.45, 2.75) is 26.5 Å². The second-order valence-corrected chi connectivity index (χ2v) is 6.12. The first kappa shape index (κ1) is 21.8. The number of alkyl halides is 2. The number of nitrogens with one attached hydrogen (secondary N) is 2. The van der Waals surface area contributed by atoms with Crippen molar-refractivity contribution in [3.8, 4) is 5.75 Å². The standard InChI is InChI=1S/C20H20F2N2O5/c1-12-4-3-5-14(10-12)18(26)23-13(2)19(27)28-11-17(25)24-15-6-8-16(9-7-15)29-20(21)22/h3-10,13,20H,11H2,1-2H3,(H,23,26)(H,24,25)/t13-/m0/s1. The number of ether oxygens (including phenoxy) is 2. The highest BCUT2D eigenvalue weighted by molar-refractivity contribution is 5.97. The van der Waals surface area contributed by atoms with E-state index in [2.05, 4.69) is 15.4 Å². The smallest absolute Gasteiger partial charge is 0.387 e. The van der Waals surface area contributed by atoms with E-state index in [1.807, 2.05) is 13.0 Å². The van der Waals surface area contributed by atoms with Crippen LogP contribution in [0.15, 0.2) is 48.5 Å². The third-order valence-electron chi connectivity index (χ3n) is 3.69. The summed E-state index contributed by atoms with van der Waals surface area (Å²) in [6.07, 6.45) is 0. The summed E-state index contributed by atoms with van der Waals surface area (Å²) in [7, 11) is 0. The zero-order valence-corrected chi connectivity index (χ0v) is 15.8. The zero-order chi connectivity index (χ0) is 21.4. The van der Waals surface area contributed by atoms with Gasteiger partial charge in [-0.1, -0.05) is 17.7 Å². The van der Waals surface area contributed by atoms with Crippen LogP contribution >= 0.6 is 0 Å². The first-order valence-electron chi connectivity index (χ1n) is 8.63. The molecule has 0 fully saturated rings. The van der Waals surface area contributed by atoms with Gasteiger partial charge in [0.2, 0.25) is 0 Å². The van der Waals surface area contributed by atoms with Crippen LogP contribution in [0.3, 0.4) is 0 Å². The van der Waals surface area contributed by atoms with Crippen LogP contribution in [0.4, 0.5) is 14.5 Å². The second kappa shape index (κ2) is 10.2. The molecule has 0 aliphatic rings. The topological polar surface area (TPSA) is 93.7 Å². The Hall–Kier alpha value is -3.49. The number of aryl methyl sites for hydroxylation is 1. The first-order valence-corrected chi connectivity index (χ1v) is 8.63. The van der Waals surface area contributed by atoms with Crippen molar-refractivity contribution in [2.24, 2.45) is 0 Å². The number of halogens is 2. The summed E-state index contributed by atoms with van der Waals surface area (Å²) in [5, 5.41) is 4.94. The second-order valence-electron chi connectivity index (χ2n) is 6.12. The Morgan fingerprint density at radius 1 is 1.07 bits per heavy atom. The maximum atomic E-state index is 12.1. The summed E-state index contributed by atoms with van der Waals surface area (Å²) in [5.74, 6) is -1.89. The molecule has 9 heteroatoms. The molecule has 0 heterocycles. The average molecular weight is 406 g/mol. The quantitative estimate of drug-likeness (QED) is 0.658. The molecule has 2 amide bonds. The minimum absolute atomic E-state index is 0.0531. The Bertz CT molecular complexity index is 871. The fraction of sp³-hybridized carbons (Fsp3) is 0.250. The predicted molar refractivity (Wildman–Crippen MR) is 101 cm³/mol. The Morgan fingerprint density at radius 3 is 2.38 bits per heavy atom. The summed E-state index contributed by atoms with van der Waals surface area (Å²) in [6.45, 7) is -0.232. The molecule has 0 unspecified atom stereocenters. The molecular weight excluding hydrogens is 386 g/mol. The number of esters is 1. The number of rotatable bonds is 8. The van der Waals surface area contributed by atoms with Crippen molar-refractivity contribution in [3.63, 3.8) is 0 Å². The van der Waals surface area contributed by atoms with E-state index in [0.29, 0.717) is 11.3 Å². The van der Waals surface area contributed by atoms with Gasteiger partial charge in [0.25, 0.3) is 11.8 Å². The molecule has 154 valence electrons. The lowest BCUT2D eigenvalue weighted by Gasteiger charge is -2.14. The number of hydrogen-bond donors (Lipinski definition) is 2. The van der Waals surface area contributed by atoms with Gasteiger partial charge >= 0.3 is 12.6 Å². The minimum atomic E-state index is -2.94. The van der Waals surface area contributed by atoms with Gasteiger partial charge in [-0.05, 0) is 50.2 Å². The number of anilines is 1. The fourth-order valence-corrected chi connectivity index (χ4v) is 2.30. The van der Waals surface area contributed by atoms with Gasteiger partial charge < -0.3 is 20.1 Å². The molecule has 2 aromatic rings. The van der Waals surface area contributed by atoms with Crippen LogP contribution in [0.1, 0.15) is 22.8 Å². The van der Waals surface area contributed by atoms with Crippen molar-refractivity contribution in [3.05, 3.63) is 59.7 Å². The van der Waals surface area contributed by atoms with E-state index in [1.54, 1.807) is 18.2 Å². The van der Waals surface area contributed by atoms with Crippen LogP contribution in [-0.4, -0.2) is 37.0 Å². The lowest BCUT2D eigenvalue weighted by atomic mass is 10.1. The van der Waals surface area contributed by atoms with E-state index in [4.69, 9.17) is 4.74 Å². The van der Waals surface area contributed by atoms with Crippen LogP contribution in [0.2, 0.25) is 0 Å². The normalized spacial score (nSPS) is 11.5. The van der Waals surface area contributed by atoms with E-state index in [-0.39, 0.29) is 5.75 Å². The fourth-order valence-electron chi connectivity index (χ4n) is 2.30. The van der Waals surface area contributed by atoms with Crippen LogP contribution in [-0.2, 0) is 14.3 Å².